The van der Waals surface area contributed by atoms with Crippen molar-refractivity contribution in [2.24, 2.45) is 11.8 Å². The van der Waals surface area contributed by atoms with E-state index in [1.165, 1.54) is 18.9 Å². The van der Waals surface area contributed by atoms with E-state index < -0.39 is 0 Å². The third kappa shape index (κ3) is 2.67. The summed E-state index contributed by atoms with van der Waals surface area (Å²) in [4.78, 5) is 0. The predicted octanol–water partition coefficient (Wildman–Crippen LogP) is 5.31. The monoisotopic (exact) mass is 334 g/mol. The molecule has 0 heterocycles. The van der Waals surface area contributed by atoms with Crippen molar-refractivity contribution in [3.63, 3.8) is 0 Å². The van der Waals surface area contributed by atoms with Gasteiger partial charge in [-0.1, -0.05) is 19.8 Å². The van der Waals surface area contributed by atoms with E-state index in [-0.39, 0.29) is 11.2 Å². The van der Waals surface area contributed by atoms with Crippen LogP contribution in [0, 0.1) is 17.7 Å². The molecule has 0 saturated heterocycles. The number of hydrogen-bond donors (Lipinski definition) is 0. The summed E-state index contributed by atoms with van der Waals surface area (Å²) >= 11 is 9.80. The fourth-order valence-corrected chi connectivity index (χ4v) is 3.68. The molecule has 1 aromatic rings. The van der Waals surface area contributed by atoms with Gasteiger partial charge in [-0.3, -0.25) is 0 Å². The fourth-order valence-electron chi connectivity index (χ4n) is 2.78. The van der Waals surface area contributed by atoms with Crippen LogP contribution < -0.4 is 4.74 Å². The Kier molecular flexibility index (Phi) is 4.54. The third-order valence-electron chi connectivity index (χ3n) is 3.87. The number of halogens is 3. The predicted molar refractivity (Wildman–Crippen MR) is 75.8 cm³/mol. The van der Waals surface area contributed by atoms with Gasteiger partial charge in [-0.2, -0.15) is 0 Å². The number of hydrogen-bond acceptors (Lipinski definition) is 1. The lowest BCUT2D eigenvalue weighted by atomic mass is 9.90. The van der Waals surface area contributed by atoms with Crippen molar-refractivity contribution in [2.45, 2.75) is 31.6 Å². The summed E-state index contributed by atoms with van der Waals surface area (Å²) < 4.78 is 19.2. The van der Waals surface area contributed by atoms with Gasteiger partial charge in [-0.15, -0.1) is 11.6 Å². The molecule has 1 saturated carbocycles. The van der Waals surface area contributed by atoms with E-state index >= 15 is 0 Å². The first-order valence-electron chi connectivity index (χ1n) is 6.21. The number of rotatable bonds is 3. The SMILES string of the molecule is COc1cc(F)c(Br)cc1C(Cl)C1CCCC1C. The standard InChI is InChI=1S/C14H17BrClFO/c1-8-4-3-5-9(8)14(16)10-6-11(15)12(17)7-13(10)18-2/h6-9,14H,3-5H2,1-2H3. The third-order valence-corrected chi connectivity index (χ3v) is 5.04. The van der Waals surface area contributed by atoms with E-state index in [4.69, 9.17) is 16.3 Å². The molecular weight excluding hydrogens is 319 g/mol. The van der Waals surface area contributed by atoms with Gasteiger partial charge < -0.3 is 4.74 Å². The van der Waals surface area contributed by atoms with Crippen molar-refractivity contribution >= 4 is 27.5 Å². The minimum Gasteiger partial charge on any atom is -0.496 e. The van der Waals surface area contributed by atoms with Crippen molar-refractivity contribution in [2.75, 3.05) is 7.11 Å². The Morgan fingerprint density at radius 3 is 2.72 bits per heavy atom. The first kappa shape index (κ1) is 14.1. The Hall–Kier alpha value is -0.280. The van der Waals surface area contributed by atoms with Gasteiger partial charge >= 0.3 is 0 Å². The lowest BCUT2D eigenvalue weighted by Crippen LogP contribution is -2.12. The minimum atomic E-state index is -0.320. The Morgan fingerprint density at radius 1 is 1.44 bits per heavy atom. The molecule has 0 aliphatic heterocycles. The zero-order valence-electron chi connectivity index (χ0n) is 10.6. The molecule has 1 aliphatic rings. The molecule has 1 aliphatic carbocycles. The molecule has 1 fully saturated rings. The highest BCUT2D eigenvalue weighted by Crippen LogP contribution is 2.46. The van der Waals surface area contributed by atoms with Crippen molar-refractivity contribution in [3.05, 3.63) is 28.0 Å². The maximum Gasteiger partial charge on any atom is 0.141 e. The molecular formula is C14H17BrClFO. The summed E-state index contributed by atoms with van der Waals surface area (Å²) in [6.07, 6.45) is 3.58. The molecule has 0 N–H and O–H groups in total. The largest absolute Gasteiger partial charge is 0.496 e. The van der Waals surface area contributed by atoms with E-state index in [1.54, 1.807) is 13.2 Å². The van der Waals surface area contributed by atoms with Crippen molar-refractivity contribution in [1.82, 2.24) is 0 Å². The van der Waals surface area contributed by atoms with Gasteiger partial charge in [-0.25, -0.2) is 4.39 Å². The Bertz CT molecular complexity index is 438. The molecule has 100 valence electrons. The molecule has 1 aromatic carbocycles. The number of benzene rings is 1. The van der Waals surface area contributed by atoms with Crippen LogP contribution in [-0.4, -0.2) is 7.11 Å². The van der Waals surface area contributed by atoms with Gasteiger partial charge in [0.25, 0.3) is 0 Å². The maximum atomic E-state index is 13.5. The molecule has 0 amide bonds. The number of ether oxygens (including phenoxy) is 1. The smallest absolute Gasteiger partial charge is 0.141 e. The summed E-state index contributed by atoms with van der Waals surface area (Å²) in [5, 5.41) is -0.116. The zero-order valence-corrected chi connectivity index (χ0v) is 12.9. The fraction of sp³-hybridized carbons (Fsp3) is 0.571. The molecule has 0 radical (unpaired) electrons. The van der Waals surface area contributed by atoms with Gasteiger partial charge in [0.2, 0.25) is 0 Å². The van der Waals surface area contributed by atoms with Crippen LogP contribution in [0.2, 0.25) is 0 Å². The van der Waals surface area contributed by atoms with Crippen LogP contribution in [0.1, 0.15) is 37.1 Å². The van der Waals surface area contributed by atoms with Crippen LogP contribution >= 0.6 is 27.5 Å². The van der Waals surface area contributed by atoms with Gasteiger partial charge in [0.05, 0.1) is 17.0 Å². The summed E-state index contributed by atoms with van der Waals surface area (Å²) in [6, 6.07) is 3.14. The Labute approximate surface area is 121 Å². The van der Waals surface area contributed by atoms with Crippen LogP contribution in [0.15, 0.2) is 16.6 Å². The van der Waals surface area contributed by atoms with Crippen molar-refractivity contribution in [1.29, 1.82) is 0 Å². The van der Waals surface area contributed by atoms with E-state index in [2.05, 4.69) is 22.9 Å². The molecule has 0 spiro atoms. The summed E-state index contributed by atoms with van der Waals surface area (Å²) in [5.41, 5.74) is 0.881. The molecule has 18 heavy (non-hydrogen) atoms. The lowest BCUT2D eigenvalue weighted by molar-refractivity contribution is 0.377. The van der Waals surface area contributed by atoms with E-state index in [9.17, 15) is 4.39 Å². The minimum absolute atomic E-state index is 0.116. The summed E-state index contributed by atoms with van der Waals surface area (Å²) in [6.45, 7) is 2.23. The maximum absolute atomic E-state index is 13.5. The second-order valence-corrected chi connectivity index (χ2v) is 6.31. The average Bonchev–Trinajstić information content (AvgIpc) is 2.77. The van der Waals surface area contributed by atoms with E-state index in [1.807, 2.05) is 0 Å². The normalized spacial score (nSPS) is 25.2. The van der Waals surface area contributed by atoms with Crippen molar-refractivity contribution < 1.29 is 9.13 Å². The molecule has 2 rings (SSSR count). The molecule has 3 atom stereocenters. The highest BCUT2D eigenvalue weighted by molar-refractivity contribution is 9.10. The molecule has 4 heteroatoms. The lowest BCUT2D eigenvalue weighted by Gasteiger charge is -2.23. The van der Waals surface area contributed by atoms with Crippen molar-refractivity contribution in [3.8, 4) is 5.75 Å². The number of methoxy groups -OCH3 is 1. The second-order valence-electron chi connectivity index (χ2n) is 4.98. The highest BCUT2D eigenvalue weighted by atomic mass is 79.9. The average molecular weight is 336 g/mol. The Morgan fingerprint density at radius 2 is 2.17 bits per heavy atom. The number of alkyl halides is 1. The molecule has 3 unspecified atom stereocenters. The highest BCUT2D eigenvalue weighted by Gasteiger charge is 2.32. The topological polar surface area (TPSA) is 9.23 Å². The molecule has 1 nitrogen and oxygen atoms in total. The van der Waals surface area contributed by atoms with Gasteiger partial charge in [0.15, 0.2) is 0 Å². The van der Waals surface area contributed by atoms with Crippen LogP contribution in [0.3, 0.4) is 0 Å². The van der Waals surface area contributed by atoms with Crippen LogP contribution in [0.4, 0.5) is 4.39 Å². The quantitative estimate of drug-likeness (QED) is 0.680. The zero-order chi connectivity index (χ0) is 13.3. The Balaban J connectivity index is 2.34. The van der Waals surface area contributed by atoms with Crippen LogP contribution in [0.25, 0.3) is 0 Å². The second kappa shape index (κ2) is 5.79. The molecule has 0 aromatic heterocycles. The van der Waals surface area contributed by atoms with Crippen LogP contribution in [-0.2, 0) is 0 Å². The van der Waals surface area contributed by atoms with E-state index in [0.29, 0.717) is 22.1 Å². The first-order chi connectivity index (χ1) is 8.54. The summed E-state index contributed by atoms with van der Waals surface area (Å²) in [7, 11) is 1.55. The van der Waals surface area contributed by atoms with E-state index in [0.717, 1.165) is 12.0 Å². The van der Waals surface area contributed by atoms with Gasteiger partial charge in [0.1, 0.15) is 11.6 Å². The summed E-state index contributed by atoms with van der Waals surface area (Å²) in [5.74, 6) is 1.27. The first-order valence-corrected chi connectivity index (χ1v) is 7.44. The van der Waals surface area contributed by atoms with Gasteiger partial charge in [-0.05, 0) is 40.3 Å². The van der Waals surface area contributed by atoms with Gasteiger partial charge in [0, 0.05) is 11.6 Å². The van der Waals surface area contributed by atoms with Crippen LogP contribution in [0.5, 0.6) is 5.75 Å². The molecule has 0 bridgehead atoms.